The molecule has 0 amide bonds. The Hall–Kier alpha value is -3.01. The molecule has 118 valence electrons. The van der Waals surface area contributed by atoms with Gasteiger partial charge in [0, 0.05) is 12.4 Å². The Kier molecular flexibility index (Phi) is 3.38. The summed E-state index contributed by atoms with van der Waals surface area (Å²) in [4.78, 5) is 13.5. The lowest BCUT2D eigenvalue weighted by molar-refractivity contribution is 1.02. The van der Waals surface area contributed by atoms with Crippen LogP contribution in [0.5, 0.6) is 0 Å². The normalized spacial score (nSPS) is 11.1. The van der Waals surface area contributed by atoms with Crippen molar-refractivity contribution in [2.45, 2.75) is 20.8 Å². The Balaban J connectivity index is 2.10. The summed E-state index contributed by atoms with van der Waals surface area (Å²) < 4.78 is 2.22. The third kappa shape index (κ3) is 2.27. The third-order valence-electron chi connectivity index (χ3n) is 4.26. The average Bonchev–Trinajstić information content (AvgIpc) is 2.95. The molecular weight excluding hydrogens is 296 g/mol. The van der Waals surface area contributed by atoms with Gasteiger partial charge in [-0.1, -0.05) is 30.3 Å². The highest BCUT2D eigenvalue weighted by Gasteiger charge is 2.17. The zero-order valence-electron chi connectivity index (χ0n) is 14.0. The van der Waals surface area contributed by atoms with E-state index in [4.69, 9.17) is 4.98 Å². The van der Waals surface area contributed by atoms with E-state index in [1.807, 2.05) is 37.5 Å². The maximum absolute atomic E-state index is 4.85. The number of nitrogens with zero attached hydrogens (tertiary/aromatic N) is 4. The molecule has 0 aliphatic carbocycles. The summed E-state index contributed by atoms with van der Waals surface area (Å²) in [5.41, 5.74) is 6.57. The second-order valence-electron chi connectivity index (χ2n) is 6.02. The number of imidazole rings is 1. The van der Waals surface area contributed by atoms with Crippen LogP contribution in [0.4, 0.5) is 0 Å². The summed E-state index contributed by atoms with van der Waals surface area (Å²) in [7, 11) is 0. The summed E-state index contributed by atoms with van der Waals surface area (Å²) in [6, 6.07) is 14.6. The number of rotatable bonds is 2. The van der Waals surface area contributed by atoms with Crippen molar-refractivity contribution in [2.75, 3.05) is 0 Å². The first-order valence-corrected chi connectivity index (χ1v) is 7.98. The molecule has 4 nitrogen and oxygen atoms in total. The van der Waals surface area contributed by atoms with E-state index in [9.17, 15) is 0 Å². The fourth-order valence-electron chi connectivity index (χ4n) is 3.11. The molecule has 0 spiro atoms. The van der Waals surface area contributed by atoms with Crippen molar-refractivity contribution in [2.24, 2.45) is 0 Å². The lowest BCUT2D eigenvalue weighted by Crippen LogP contribution is -2.03. The smallest absolute Gasteiger partial charge is 0.148 e. The lowest BCUT2D eigenvalue weighted by atomic mass is 10.1. The van der Waals surface area contributed by atoms with E-state index >= 15 is 0 Å². The van der Waals surface area contributed by atoms with Gasteiger partial charge >= 0.3 is 0 Å². The lowest BCUT2D eigenvalue weighted by Gasteiger charge is -2.15. The van der Waals surface area contributed by atoms with E-state index in [1.165, 1.54) is 16.8 Å². The number of aromatic nitrogens is 4. The molecule has 0 unspecified atom stereocenters. The number of benzene rings is 2. The van der Waals surface area contributed by atoms with Crippen molar-refractivity contribution in [3.63, 3.8) is 0 Å². The molecule has 4 heteroatoms. The van der Waals surface area contributed by atoms with Gasteiger partial charge in [-0.05, 0) is 44.0 Å². The predicted molar refractivity (Wildman–Crippen MR) is 96.3 cm³/mol. The summed E-state index contributed by atoms with van der Waals surface area (Å²) in [6.45, 7) is 6.15. The molecule has 4 rings (SSSR count). The van der Waals surface area contributed by atoms with Gasteiger partial charge in [0.1, 0.15) is 11.6 Å². The Morgan fingerprint density at radius 3 is 2.17 bits per heavy atom. The van der Waals surface area contributed by atoms with Crippen LogP contribution in [0, 0.1) is 20.8 Å². The number of hydrogen-bond donors (Lipinski definition) is 0. The van der Waals surface area contributed by atoms with Crippen molar-refractivity contribution >= 4 is 11.0 Å². The van der Waals surface area contributed by atoms with Crippen LogP contribution >= 0.6 is 0 Å². The van der Waals surface area contributed by atoms with Crippen LogP contribution in [0.25, 0.3) is 28.1 Å². The minimum Gasteiger partial charge on any atom is -0.292 e. The van der Waals surface area contributed by atoms with E-state index in [0.29, 0.717) is 0 Å². The highest BCUT2D eigenvalue weighted by atomic mass is 15.1. The van der Waals surface area contributed by atoms with Crippen molar-refractivity contribution in [1.82, 2.24) is 19.5 Å². The second-order valence-corrected chi connectivity index (χ2v) is 6.02. The van der Waals surface area contributed by atoms with Crippen LogP contribution in [-0.4, -0.2) is 19.5 Å². The van der Waals surface area contributed by atoms with Crippen molar-refractivity contribution in [3.8, 4) is 17.1 Å². The molecule has 2 aromatic heterocycles. The monoisotopic (exact) mass is 314 g/mol. The first-order chi connectivity index (χ1) is 11.6. The number of hydrogen-bond acceptors (Lipinski definition) is 3. The van der Waals surface area contributed by atoms with E-state index in [2.05, 4.69) is 52.6 Å². The minimum absolute atomic E-state index is 0.758. The number of aryl methyl sites for hydroxylation is 3. The molecule has 4 aromatic rings. The Morgan fingerprint density at radius 1 is 0.792 bits per heavy atom. The van der Waals surface area contributed by atoms with Gasteiger partial charge in [-0.3, -0.25) is 4.57 Å². The third-order valence-corrected chi connectivity index (χ3v) is 4.26. The van der Waals surface area contributed by atoms with Gasteiger partial charge in [-0.15, -0.1) is 0 Å². The van der Waals surface area contributed by atoms with Gasteiger partial charge in [0.2, 0.25) is 0 Å². The molecule has 0 fully saturated rings. The first-order valence-electron chi connectivity index (χ1n) is 7.98. The van der Waals surface area contributed by atoms with Crippen molar-refractivity contribution in [1.29, 1.82) is 0 Å². The molecule has 0 saturated carbocycles. The van der Waals surface area contributed by atoms with Crippen molar-refractivity contribution < 1.29 is 0 Å². The maximum Gasteiger partial charge on any atom is 0.148 e. The van der Waals surface area contributed by atoms with Crippen LogP contribution in [0.1, 0.15) is 17.0 Å². The van der Waals surface area contributed by atoms with Gasteiger partial charge in [-0.25, -0.2) is 15.0 Å². The maximum atomic E-state index is 4.85. The topological polar surface area (TPSA) is 43.6 Å². The summed E-state index contributed by atoms with van der Waals surface area (Å²) in [5, 5.41) is 0. The van der Waals surface area contributed by atoms with Crippen LogP contribution in [0.3, 0.4) is 0 Å². The molecule has 0 aliphatic rings. The average molecular weight is 314 g/mol. The van der Waals surface area contributed by atoms with Gasteiger partial charge in [0.25, 0.3) is 0 Å². The van der Waals surface area contributed by atoms with Crippen LogP contribution in [0.2, 0.25) is 0 Å². The first kappa shape index (κ1) is 14.6. The standard InChI is InChI=1S/C20H18N4/c1-13-7-6-8-14(2)19(13)24-18-10-5-4-9-17(18)23-20(24)16-11-21-15(3)22-12-16/h4-12H,1-3H3. The summed E-state index contributed by atoms with van der Waals surface area (Å²) in [5.74, 6) is 1.63. The van der Waals surface area contributed by atoms with Gasteiger partial charge < -0.3 is 0 Å². The highest BCUT2D eigenvalue weighted by Crippen LogP contribution is 2.31. The molecule has 24 heavy (non-hydrogen) atoms. The second kappa shape index (κ2) is 5.57. The SMILES string of the molecule is Cc1ncc(-c2nc3ccccc3n2-c2c(C)cccc2C)cn1. The zero-order chi connectivity index (χ0) is 16.7. The fraction of sp³-hybridized carbons (Fsp3) is 0.150. The largest absolute Gasteiger partial charge is 0.292 e. The molecule has 2 aromatic carbocycles. The highest BCUT2D eigenvalue weighted by molar-refractivity contribution is 5.83. The summed E-state index contributed by atoms with van der Waals surface area (Å²) >= 11 is 0. The Bertz CT molecular complexity index is 1010. The van der Waals surface area contributed by atoms with E-state index < -0.39 is 0 Å². The van der Waals surface area contributed by atoms with Gasteiger partial charge in [0.15, 0.2) is 0 Å². The van der Waals surface area contributed by atoms with E-state index in [1.54, 1.807) is 0 Å². The summed E-state index contributed by atoms with van der Waals surface area (Å²) in [6.07, 6.45) is 3.68. The van der Waals surface area contributed by atoms with Crippen LogP contribution < -0.4 is 0 Å². The molecule has 0 saturated heterocycles. The molecule has 0 atom stereocenters. The van der Waals surface area contributed by atoms with E-state index in [0.717, 1.165) is 28.2 Å². The van der Waals surface area contributed by atoms with Gasteiger partial charge in [0.05, 0.1) is 22.3 Å². The predicted octanol–water partition coefficient (Wildman–Crippen LogP) is 4.41. The minimum atomic E-state index is 0.758. The number of para-hydroxylation sites is 3. The zero-order valence-corrected chi connectivity index (χ0v) is 14.0. The molecule has 0 aliphatic heterocycles. The molecule has 0 N–H and O–H groups in total. The Labute approximate surface area is 140 Å². The fourth-order valence-corrected chi connectivity index (χ4v) is 3.11. The quantitative estimate of drug-likeness (QED) is 0.550. The Morgan fingerprint density at radius 2 is 1.46 bits per heavy atom. The molecule has 2 heterocycles. The van der Waals surface area contributed by atoms with E-state index in [-0.39, 0.29) is 0 Å². The number of fused-ring (bicyclic) bond motifs is 1. The van der Waals surface area contributed by atoms with Crippen molar-refractivity contribution in [3.05, 3.63) is 71.8 Å². The van der Waals surface area contributed by atoms with Crippen LogP contribution in [-0.2, 0) is 0 Å². The molecule has 0 bridgehead atoms. The molecule has 0 radical (unpaired) electrons. The van der Waals surface area contributed by atoms with Gasteiger partial charge in [-0.2, -0.15) is 0 Å². The van der Waals surface area contributed by atoms with Crippen LogP contribution in [0.15, 0.2) is 54.9 Å². The molecular formula is C20H18N4.